The van der Waals surface area contributed by atoms with Crippen LogP contribution in [0.4, 0.5) is 0 Å². The number of carbonyl (C=O) groups is 1. The average Bonchev–Trinajstić information content (AvgIpc) is 2.59. The van der Waals surface area contributed by atoms with Gasteiger partial charge < -0.3 is 0 Å². The van der Waals surface area contributed by atoms with Crippen LogP contribution >= 0.6 is 0 Å². The van der Waals surface area contributed by atoms with Gasteiger partial charge in [-0.25, -0.2) is 0 Å². The minimum Gasteiger partial charge on any atom is -0.289 e. The highest BCUT2D eigenvalue weighted by Gasteiger charge is 2.23. The van der Waals surface area contributed by atoms with Crippen LogP contribution < -0.4 is 0 Å². The Morgan fingerprint density at radius 3 is 2.67 bits per heavy atom. The molecule has 1 nitrogen and oxygen atoms in total. The summed E-state index contributed by atoms with van der Waals surface area (Å²) in [5, 5.41) is 0. The van der Waals surface area contributed by atoms with E-state index in [9.17, 15) is 4.79 Å². The number of allylic oxidation sites excluding steroid dienone is 5. The van der Waals surface area contributed by atoms with Crippen molar-refractivity contribution in [2.75, 3.05) is 0 Å². The molecule has 0 saturated carbocycles. The molecular formula is C14H12O. The molecule has 0 unspecified atom stereocenters. The maximum absolute atomic E-state index is 11.5. The molecule has 2 aliphatic rings. The molecule has 1 aromatic rings. The van der Waals surface area contributed by atoms with Gasteiger partial charge in [0.2, 0.25) is 0 Å². The summed E-state index contributed by atoms with van der Waals surface area (Å²) in [6.45, 7) is 0. The van der Waals surface area contributed by atoms with E-state index in [2.05, 4.69) is 6.07 Å². The van der Waals surface area contributed by atoms with E-state index in [1.54, 1.807) is 6.08 Å². The molecule has 0 saturated heterocycles. The summed E-state index contributed by atoms with van der Waals surface area (Å²) < 4.78 is 0. The van der Waals surface area contributed by atoms with Crippen molar-refractivity contribution in [3.8, 4) is 0 Å². The van der Waals surface area contributed by atoms with Gasteiger partial charge in [-0.05, 0) is 28.9 Å². The molecule has 0 atom stereocenters. The minimum atomic E-state index is 0. The van der Waals surface area contributed by atoms with Gasteiger partial charge in [0.25, 0.3) is 0 Å². The second kappa shape index (κ2) is 3.35. The zero-order valence-corrected chi connectivity index (χ0v) is 7.53. The molecule has 1 heteroatoms. The molecule has 0 heterocycles. The van der Waals surface area contributed by atoms with E-state index in [1.165, 1.54) is 5.56 Å². The number of rotatable bonds is 0. The fourth-order valence-electron chi connectivity index (χ4n) is 1.95. The lowest BCUT2D eigenvalue weighted by molar-refractivity contribution is -0.110. The van der Waals surface area contributed by atoms with Crippen molar-refractivity contribution in [1.82, 2.24) is 0 Å². The van der Waals surface area contributed by atoms with E-state index in [4.69, 9.17) is 0 Å². The fraction of sp³-hybridized carbons (Fsp3) is 0.0714. The first-order chi connectivity index (χ1) is 6.86. The number of benzene rings is 1. The first-order valence-electron chi connectivity index (χ1n) is 4.60. The summed E-state index contributed by atoms with van der Waals surface area (Å²) in [4.78, 5) is 11.5. The van der Waals surface area contributed by atoms with E-state index in [0.29, 0.717) is 0 Å². The summed E-state index contributed by atoms with van der Waals surface area (Å²) in [5.74, 6) is 0.110. The molecule has 15 heavy (non-hydrogen) atoms. The Hall–Kier alpha value is -1.89. The second-order valence-corrected chi connectivity index (χ2v) is 3.45. The van der Waals surface area contributed by atoms with Crippen LogP contribution in [0.25, 0.3) is 11.6 Å². The molecule has 74 valence electrons. The Kier molecular flexibility index (Phi) is 2.16. The van der Waals surface area contributed by atoms with E-state index in [1.807, 2.05) is 36.4 Å². The quantitative estimate of drug-likeness (QED) is 0.622. The summed E-state index contributed by atoms with van der Waals surface area (Å²) in [7, 11) is 0. The van der Waals surface area contributed by atoms with Crippen LogP contribution in [0.1, 0.15) is 18.6 Å². The Bertz CT molecular complexity index is 516. The van der Waals surface area contributed by atoms with E-state index >= 15 is 0 Å². The molecule has 0 spiro atoms. The van der Waals surface area contributed by atoms with Crippen LogP contribution in [0.2, 0.25) is 0 Å². The highest BCUT2D eigenvalue weighted by atomic mass is 16.1. The van der Waals surface area contributed by atoms with Gasteiger partial charge in [0.1, 0.15) is 0 Å². The second-order valence-electron chi connectivity index (χ2n) is 3.45. The predicted molar refractivity (Wildman–Crippen MR) is 63.3 cm³/mol. The van der Waals surface area contributed by atoms with Crippen LogP contribution in [-0.4, -0.2) is 5.78 Å². The minimum absolute atomic E-state index is 0. The molecule has 1 aromatic carbocycles. The Morgan fingerprint density at radius 2 is 1.80 bits per heavy atom. The van der Waals surface area contributed by atoms with Crippen molar-refractivity contribution in [2.45, 2.75) is 7.43 Å². The van der Waals surface area contributed by atoms with Gasteiger partial charge in [0.05, 0.1) is 0 Å². The van der Waals surface area contributed by atoms with Crippen LogP contribution in [0.5, 0.6) is 0 Å². The van der Waals surface area contributed by atoms with Gasteiger partial charge in [-0.1, -0.05) is 43.8 Å². The Labute approximate surface area is 89.4 Å². The first-order valence-corrected chi connectivity index (χ1v) is 4.60. The summed E-state index contributed by atoms with van der Waals surface area (Å²) in [5.41, 5.74) is 4.20. The van der Waals surface area contributed by atoms with Crippen molar-refractivity contribution in [3.05, 3.63) is 59.2 Å². The van der Waals surface area contributed by atoms with E-state index in [-0.39, 0.29) is 13.2 Å². The molecule has 2 aliphatic carbocycles. The largest absolute Gasteiger partial charge is 0.289 e. The average molecular weight is 196 g/mol. The molecule has 0 amide bonds. The highest BCUT2D eigenvalue weighted by Crippen LogP contribution is 2.37. The molecule has 0 aliphatic heterocycles. The van der Waals surface area contributed by atoms with Crippen molar-refractivity contribution in [3.63, 3.8) is 0 Å². The van der Waals surface area contributed by atoms with Gasteiger partial charge in [0.15, 0.2) is 5.78 Å². The SMILES string of the molecule is C.O=C1C=CC=C2C1=Cc1ccccc12. The lowest BCUT2D eigenvalue weighted by Crippen LogP contribution is -2.00. The van der Waals surface area contributed by atoms with Crippen molar-refractivity contribution in [1.29, 1.82) is 0 Å². The number of carbonyl (C=O) groups excluding carboxylic acids is 1. The third-order valence-corrected chi connectivity index (χ3v) is 2.62. The number of hydrogen-bond acceptors (Lipinski definition) is 1. The summed E-state index contributed by atoms with van der Waals surface area (Å²) in [6.07, 6.45) is 7.39. The van der Waals surface area contributed by atoms with Gasteiger partial charge in [0, 0.05) is 5.57 Å². The van der Waals surface area contributed by atoms with Gasteiger partial charge in [-0.3, -0.25) is 4.79 Å². The lowest BCUT2D eigenvalue weighted by atomic mass is 9.96. The lowest BCUT2D eigenvalue weighted by Gasteiger charge is -2.06. The maximum atomic E-state index is 11.5. The van der Waals surface area contributed by atoms with E-state index in [0.717, 1.165) is 16.7 Å². The number of ketones is 1. The fourth-order valence-corrected chi connectivity index (χ4v) is 1.95. The third kappa shape index (κ3) is 1.28. The number of fused-ring (bicyclic) bond motifs is 3. The molecule has 0 N–H and O–H groups in total. The zero-order valence-electron chi connectivity index (χ0n) is 7.53. The third-order valence-electron chi connectivity index (χ3n) is 2.62. The molecule has 3 rings (SSSR count). The highest BCUT2D eigenvalue weighted by molar-refractivity contribution is 6.23. The molecular weight excluding hydrogens is 184 g/mol. The van der Waals surface area contributed by atoms with Crippen molar-refractivity contribution in [2.24, 2.45) is 0 Å². The van der Waals surface area contributed by atoms with Gasteiger partial charge in [-0.2, -0.15) is 0 Å². The normalized spacial score (nSPS) is 16.1. The monoisotopic (exact) mass is 196 g/mol. The first kappa shape index (κ1) is 9.66. The van der Waals surface area contributed by atoms with Gasteiger partial charge >= 0.3 is 0 Å². The van der Waals surface area contributed by atoms with Crippen molar-refractivity contribution < 1.29 is 4.79 Å². The predicted octanol–water partition coefficient (Wildman–Crippen LogP) is 3.24. The van der Waals surface area contributed by atoms with Crippen LogP contribution in [0.3, 0.4) is 0 Å². The molecule has 0 bridgehead atoms. The molecule has 0 radical (unpaired) electrons. The maximum Gasteiger partial charge on any atom is 0.186 e. The Balaban J connectivity index is 0.000000853. The van der Waals surface area contributed by atoms with Crippen LogP contribution in [0, 0.1) is 0 Å². The smallest absolute Gasteiger partial charge is 0.186 e. The van der Waals surface area contributed by atoms with Crippen molar-refractivity contribution >= 4 is 17.4 Å². The summed E-state index contributed by atoms with van der Waals surface area (Å²) >= 11 is 0. The molecule has 0 fully saturated rings. The summed E-state index contributed by atoms with van der Waals surface area (Å²) in [6, 6.07) is 8.08. The molecule has 0 aromatic heterocycles. The van der Waals surface area contributed by atoms with E-state index < -0.39 is 0 Å². The zero-order chi connectivity index (χ0) is 9.54. The van der Waals surface area contributed by atoms with Gasteiger partial charge in [-0.15, -0.1) is 0 Å². The Morgan fingerprint density at radius 1 is 1.00 bits per heavy atom. The van der Waals surface area contributed by atoms with Crippen LogP contribution in [0.15, 0.2) is 48.1 Å². The van der Waals surface area contributed by atoms with Crippen LogP contribution in [-0.2, 0) is 4.79 Å². The number of hydrogen-bond donors (Lipinski definition) is 0. The topological polar surface area (TPSA) is 17.1 Å². The standard InChI is InChI=1S/C13H8O.CH4/c14-13-7-3-6-11-10-5-2-1-4-9(10)8-12(11)13;/h1-8H;1H4.